The third-order valence-corrected chi connectivity index (χ3v) is 2.44. The molecule has 0 saturated carbocycles. The van der Waals surface area contributed by atoms with Gasteiger partial charge in [-0.15, -0.1) is 0 Å². The molecule has 0 atom stereocenters. The first-order chi connectivity index (χ1) is 9.43. The maximum absolute atomic E-state index is 13.4. The van der Waals surface area contributed by atoms with Crippen LogP contribution in [0, 0.1) is 5.82 Å². The Kier molecular flexibility index (Phi) is 5.92. The third kappa shape index (κ3) is 4.85. The van der Waals surface area contributed by atoms with E-state index in [4.69, 9.17) is 16.3 Å². The van der Waals surface area contributed by atoms with Crippen LogP contribution < -0.4 is 5.43 Å². The minimum Gasteiger partial charge on any atom is -0.459 e. The van der Waals surface area contributed by atoms with E-state index >= 15 is 0 Å². The van der Waals surface area contributed by atoms with Crippen LogP contribution in [0.4, 0.5) is 9.18 Å². The molecule has 0 unspecified atom stereocenters. The summed E-state index contributed by atoms with van der Waals surface area (Å²) in [4.78, 5) is 21.8. The summed E-state index contributed by atoms with van der Waals surface area (Å²) in [6.07, 6.45) is -0.806. The molecule has 0 aliphatic carbocycles. The van der Waals surface area contributed by atoms with Gasteiger partial charge in [0.25, 0.3) is 0 Å². The number of amides is 1. The van der Waals surface area contributed by atoms with E-state index in [0.29, 0.717) is 5.56 Å². The Balaban J connectivity index is 2.98. The Labute approximate surface area is 119 Å². The number of esters is 1. The molecular weight excluding hydrogens is 291 g/mol. The van der Waals surface area contributed by atoms with E-state index in [-0.39, 0.29) is 17.3 Å². The molecule has 0 heterocycles. The highest BCUT2D eigenvalue weighted by molar-refractivity contribution is 6.30. The Bertz CT molecular complexity index is 548. The predicted octanol–water partition coefficient (Wildman–Crippen LogP) is 2.10. The number of halogens is 2. The van der Waals surface area contributed by atoms with Gasteiger partial charge in [-0.3, -0.25) is 4.79 Å². The zero-order chi connectivity index (χ0) is 15.1. The van der Waals surface area contributed by atoms with Gasteiger partial charge >= 0.3 is 12.1 Å². The van der Waals surface area contributed by atoms with Crippen LogP contribution in [0.1, 0.15) is 12.5 Å². The molecule has 8 heteroatoms. The second-order valence-corrected chi connectivity index (χ2v) is 3.98. The van der Waals surface area contributed by atoms with Crippen LogP contribution in [0.25, 0.3) is 0 Å². The van der Waals surface area contributed by atoms with E-state index in [1.54, 1.807) is 0 Å². The van der Waals surface area contributed by atoms with Crippen molar-refractivity contribution < 1.29 is 23.5 Å². The Morgan fingerprint density at radius 2 is 2.15 bits per heavy atom. The fraction of sp³-hybridized carbons (Fsp3) is 0.250. The van der Waals surface area contributed by atoms with Crippen molar-refractivity contribution in [3.8, 4) is 0 Å². The predicted molar refractivity (Wildman–Crippen MR) is 70.1 cm³/mol. The van der Waals surface area contributed by atoms with E-state index in [2.05, 4.69) is 15.3 Å². The van der Waals surface area contributed by atoms with Gasteiger partial charge in [0.15, 0.2) is 0 Å². The van der Waals surface area contributed by atoms with Crippen molar-refractivity contribution in [3.63, 3.8) is 0 Å². The van der Waals surface area contributed by atoms with Gasteiger partial charge in [-0.25, -0.2) is 14.6 Å². The number of nitrogens with zero attached hydrogens (tertiary/aromatic N) is 1. The van der Waals surface area contributed by atoms with Crippen molar-refractivity contribution in [2.24, 2.45) is 5.10 Å². The average molecular weight is 303 g/mol. The highest BCUT2D eigenvalue weighted by Gasteiger charge is 2.10. The Morgan fingerprint density at radius 3 is 2.70 bits per heavy atom. The summed E-state index contributed by atoms with van der Waals surface area (Å²) < 4.78 is 22.5. The minimum absolute atomic E-state index is 0.0542. The van der Waals surface area contributed by atoms with Gasteiger partial charge in [-0.2, -0.15) is 5.10 Å². The van der Waals surface area contributed by atoms with Crippen LogP contribution in [0.3, 0.4) is 0 Å². The van der Waals surface area contributed by atoms with Gasteiger partial charge < -0.3 is 9.47 Å². The van der Waals surface area contributed by atoms with Gasteiger partial charge in [0.1, 0.15) is 18.1 Å². The monoisotopic (exact) mass is 302 g/mol. The molecule has 1 amide bonds. The Hall–Kier alpha value is -2.15. The molecule has 20 heavy (non-hydrogen) atoms. The number of carbonyl (C=O) groups is 2. The number of benzene rings is 1. The lowest BCUT2D eigenvalue weighted by molar-refractivity contribution is -0.139. The number of carbonyl (C=O) groups excluding carboxylic acids is 2. The van der Waals surface area contributed by atoms with Crippen LogP contribution in [0.2, 0.25) is 5.02 Å². The maximum Gasteiger partial charge on any atom is 0.427 e. The molecule has 0 spiro atoms. The van der Waals surface area contributed by atoms with E-state index in [1.807, 2.05) is 0 Å². The van der Waals surface area contributed by atoms with Crippen molar-refractivity contribution in [2.45, 2.75) is 6.92 Å². The number of ether oxygens (including phenoxy) is 2. The Morgan fingerprint density at radius 1 is 1.45 bits per heavy atom. The maximum atomic E-state index is 13.4. The van der Waals surface area contributed by atoms with Crippen molar-refractivity contribution in [1.29, 1.82) is 0 Å². The number of rotatable bonds is 4. The summed E-state index contributed by atoms with van der Waals surface area (Å²) in [6, 6.07) is 3.92. The highest BCUT2D eigenvalue weighted by Crippen LogP contribution is 2.16. The molecule has 0 radical (unpaired) electrons. The second-order valence-electron chi connectivity index (χ2n) is 3.57. The molecule has 0 fully saturated rings. The van der Waals surface area contributed by atoms with E-state index in [1.165, 1.54) is 26.2 Å². The van der Waals surface area contributed by atoms with Gasteiger partial charge in [0.05, 0.1) is 12.1 Å². The topological polar surface area (TPSA) is 77.0 Å². The molecule has 1 aromatic rings. The van der Waals surface area contributed by atoms with E-state index < -0.39 is 17.9 Å². The molecule has 6 nitrogen and oxygen atoms in total. The summed E-state index contributed by atoms with van der Waals surface area (Å²) in [6.45, 7) is 0.980. The van der Waals surface area contributed by atoms with Crippen LogP contribution >= 0.6 is 11.6 Å². The number of hydrogen-bond donors (Lipinski definition) is 1. The van der Waals surface area contributed by atoms with Gasteiger partial charge in [-0.1, -0.05) is 17.7 Å². The lowest BCUT2D eigenvalue weighted by Gasteiger charge is -2.08. The number of methoxy groups -OCH3 is 1. The summed E-state index contributed by atoms with van der Waals surface area (Å²) in [5, 5.41) is 3.66. The lowest BCUT2D eigenvalue weighted by Crippen LogP contribution is -2.22. The van der Waals surface area contributed by atoms with Crippen molar-refractivity contribution in [2.75, 3.05) is 13.7 Å². The molecule has 0 aliphatic heterocycles. The second kappa shape index (κ2) is 7.44. The van der Waals surface area contributed by atoms with Crippen LogP contribution in [0.5, 0.6) is 0 Å². The fourth-order valence-electron chi connectivity index (χ4n) is 1.18. The van der Waals surface area contributed by atoms with Crippen molar-refractivity contribution >= 4 is 29.4 Å². The molecule has 1 rings (SSSR count). The molecule has 108 valence electrons. The van der Waals surface area contributed by atoms with Crippen LogP contribution in [0.15, 0.2) is 23.3 Å². The first-order valence-corrected chi connectivity index (χ1v) is 5.81. The molecule has 0 bridgehead atoms. The van der Waals surface area contributed by atoms with Crippen molar-refractivity contribution in [1.82, 2.24) is 5.43 Å². The zero-order valence-corrected chi connectivity index (χ0v) is 11.5. The molecule has 0 aromatic heterocycles. The van der Waals surface area contributed by atoms with E-state index in [0.717, 1.165) is 6.07 Å². The standard InChI is InChI=1S/C12H12ClFN2O4/c1-7(17)20-6-11(15-16-12(18)19-2)8-3-4-9(13)10(14)5-8/h3-5H,6H2,1-2H3,(H,16,18). The van der Waals surface area contributed by atoms with E-state index in [9.17, 15) is 14.0 Å². The molecule has 1 N–H and O–H groups in total. The fourth-order valence-corrected chi connectivity index (χ4v) is 1.30. The minimum atomic E-state index is -0.806. The summed E-state index contributed by atoms with van der Waals surface area (Å²) in [5.41, 5.74) is 2.52. The highest BCUT2D eigenvalue weighted by atomic mass is 35.5. The third-order valence-electron chi connectivity index (χ3n) is 2.13. The smallest absolute Gasteiger partial charge is 0.427 e. The molecule has 1 aromatic carbocycles. The molecule has 0 aliphatic rings. The summed E-state index contributed by atoms with van der Waals surface area (Å²) >= 11 is 5.57. The average Bonchev–Trinajstić information content (AvgIpc) is 2.41. The van der Waals surface area contributed by atoms with Gasteiger partial charge in [0.2, 0.25) is 0 Å². The van der Waals surface area contributed by atoms with Crippen LogP contribution in [-0.2, 0) is 14.3 Å². The SMILES string of the molecule is COC(=O)NN=C(COC(C)=O)c1ccc(Cl)c(F)c1. The first-order valence-electron chi connectivity index (χ1n) is 5.43. The van der Waals surface area contributed by atoms with Gasteiger partial charge in [0, 0.05) is 12.5 Å². The van der Waals surface area contributed by atoms with Crippen molar-refractivity contribution in [3.05, 3.63) is 34.6 Å². The zero-order valence-electron chi connectivity index (χ0n) is 10.8. The van der Waals surface area contributed by atoms with Crippen LogP contribution in [-0.4, -0.2) is 31.5 Å². The number of hydrogen-bond acceptors (Lipinski definition) is 5. The summed E-state index contributed by atoms with van der Waals surface area (Å²) in [7, 11) is 1.17. The largest absolute Gasteiger partial charge is 0.459 e. The molecule has 0 saturated heterocycles. The quantitative estimate of drug-likeness (QED) is 0.525. The number of nitrogens with one attached hydrogen (secondary N) is 1. The molecular formula is C12H12ClFN2O4. The van der Waals surface area contributed by atoms with Gasteiger partial charge in [-0.05, 0) is 12.1 Å². The normalized spacial score (nSPS) is 10.9. The lowest BCUT2D eigenvalue weighted by atomic mass is 10.1. The number of hydrazone groups is 1. The summed E-state index contributed by atoms with van der Waals surface area (Å²) in [5.74, 6) is -1.19. The first kappa shape index (κ1) is 15.9.